The van der Waals surface area contributed by atoms with E-state index in [1.807, 2.05) is 6.92 Å². The van der Waals surface area contributed by atoms with E-state index in [1.54, 1.807) is 0 Å². The molecule has 0 radical (unpaired) electrons. The summed E-state index contributed by atoms with van der Waals surface area (Å²) < 4.78 is 0. The number of nitrogens with one attached hydrogen (secondary N) is 2. The van der Waals surface area contributed by atoms with E-state index < -0.39 is 0 Å². The first kappa shape index (κ1) is 17.0. The van der Waals surface area contributed by atoms with Gasteiger partial charge in [0.15, 0.2) is 0 Å². The summed E-state index contributed by atoms with van der Waals surface area (Å²) in [6.07, 6.45) is 4.17. The van der Waals surface area contributed by atoms with E-state index >= 15 is 0 Å². The first-order valence-corrected chi connectivity index (χ1v) is 8.44. The molecule has 1 aromatic rings. The van der Waals surface area contributed by atoms with Crippen LogP contribution < -0.4 is 15.4 Å². The van der Waals surface area contributed by atoms with E-state index in [9.17, 15) is 4.79 Å². The summed E-state index contributed by atoms with van der Waals surface area (Å²) >= 11 is 0. The third-order valence-electron chi connectivity index (χ3n) is 4.48. The maximum Gasteiger partial charge on any atom is 0.255 e. The Bertz CT molecular complexity index is 521. The molecule has 22 heavy (non-hydrogen) atoms. The minimum atomic E-state index is 0.0173. The molecule has 1 fully saturated rings. The summed E-state index contributed by atoms with van der Waals surface area (Å²) in [6, 6.07) is 0. The minimum Gasteiger partial charge on any atom is -0.391 e. The Morgan fingerprint density at radius 2 is 2.05 bits per heavy atom. The maximum absolute atomic E-state index is 12.3. The van der Waals surface area contributed by atoms with Gasteiger partial charge >= 0.3 is 0 Å². The predicted molar refractivity (Wildman–Crippen MR) is 87.7 cm³/mol. The van der Waals surface area contributed by atoms with Crippen molar-refractivity contribution in [2.45, 2.75) is 39.5 Å². The van der Waals surface area contributed by atoms with Crippen molar-refractivity contribution in [2.24, 2.45) is 0 Å². The zero-order valence-corrected chi connectivity index (χ0v) is 13.8. The molecule has 1 aromatic heterocycles. The Morgan fingerprint density at radius 3 is 2.64 bits per heavy atom. The molecule has 6 heteroatoms. The number of piperazine rings is 1. The Morgan fingerprint density at radius 1 is 1.32 bits per heavy atom. The number of H-pyrrole nitrogens is 1. The molecule has 0 unspecified atom stereocenters. The number of quaternary nitrogens is 1. The highest BCUT2D eigenvalue weighted by molar-refractivity contribution is 5.33. The van der Waals surface area contributed by atoms with Crippen LogP contribution in [0.2, 0.25) is 0 Å². The molecule has 1 aliphatic rings. The van der Waals surface area contributed by atoms with Gasteiger partial charge in [-0.25, -0.2) is 4.98 Å². The van der Waals surface area contributed by atoms with Gasteiger partial charge in [0.2, 0.25) is 5.95 Å². The highest BCUT2D eigenvalue weighted by Gasteiger charge is 2.21. The fraction of sp³-hybridized carbons (Fsp3) is 0.750. The van der Waals surface area contributed by atoms with Crippen molar-refractivity contribution in [2.75, 3.05) is 44.2 Å². The zero-order chi connectivity index (χ0) is 15.9. The lowest BCUT2D eigenvalue weighted by atomic mass is 10.1. The first-order valence-electron chi connectivity index (χ1n) is 8.44. The average molecular weight is 309 g/mol. The van der Waals surface area contributed by atoms with Crippen LogP contribution in [0.15, 0.2) is 4.79 Å². The second-order valence-electron chi connectivity index (χ2n) is 6.12. The van der Waals surface area contributed by atoms with Crippen molar-refractivity contribution in [1.82, 2.24) is 9.97 Å². The Kier molecular flexibility index (Phi) is 6.39. The van der Waals surface area contributed by atoms with E-state index in [0.717, 1.165) is 69.7 Å². The molecule has 0 atom stereocenters. The van der Waals surface area contributed by atoms with Gasteiger partial charge in [-0.2, -0.15) is 0 Å². The van der Waals surface area contributed by atoms with Crippen molar-refractivity contribution in [3.63, 3.8) is 0 Å². The zero-order valence-electron chi connectivity index (χ0n) is 13.8. The second-order valence-corrected chi connectivity index (χ2v) is 6.12. The third kappa shape index (κ3) is 4.30. The first-order chi connectivity index (χ1) is 10.7. The lowest BCUT2D eigenvalue weighted by molar-refractivity contribution is -0.900. The maximum atomic E-state index is 12.3. The van der Waals surface area contributed by atoms with Gasteiger partial charge in [0.05, 0.1) is 32.8 Å². The van der Waals surface area contributed by atoms with Crippen molar-refractivity contribution in [1.29, 1.82) is 0 Å². The Balaban J connectivity index is 2.02. The number of anilines is 1. The van der Waals surface area contributed by atoms with Gasteiger partial charge in [0.25, 0.3) is 5.56 Å². The highest BCUT2D eigenvalue weighted by Crippen LogP contribution is 2.10. The van der Waals surface area contributed by atoms with Gasteiger partial charge in [-0.3, -0.25) is 9.78 Å². The van der Waals surface area contributed by atoms with Gasteiger partial charge in [-0.05, 0) is 19.8 Å². The Hall–Kier alpha value is -1.40. The largest absolute Gasteiger partial charge is 0.391 e. The molecule has 0 aliphatic carbocycles. The fourth-order valence-corrected chi connectivity index (χ4v) is 3.03. The van der Waals surface area contributed by atoms with Crippen LogP contribution in [-0.4, -0.2) is 54.4 Å². The van der Waals surface area contributed by atoms with Gasteiger partial charge in [-0.1, -0.05) is 19.8 Å². The summed E-state index contributed by atoms with van der Waals surface area (Å²) in [5.74, 6) is 0.699. The molecular formula is C16H29N4O2+. The molecule has 0 aromatic carbocycles. The van der Waals surface area contributed by atoms with Gasteiger partial charge in [0, 0.05) is 11.3 Å². The van der Waals surface area contributed by atoms with Crippen LogP contribution in [-0.2, 0) is 6.42 Å². The number of hydrogen-bond acceptors (Lipinski definition) is 4. The number of aliphatic hydroxyl groups is 1. The SMILES string of the molecule is CCCCCc1c(C)nc(N2CC[NH+](CCO)CC2)[nH]c1=O. The number of unbranched alkanes of at least 4 members (excludes halogenated alkanes) is 2. The number of nitrogens with zero attached hydrogens (tertiary/aromatic N) is 2. The molecule has 2 rings (SSSR count). The van der Waals surface area contributed by atoms with Crippen LogP contribution in [0, 0.1) is 6.92 Å². The van der Waals surface area contributed by atoms with E-state index in [4.69, 9.17) is 5.11 Å². The molecule has 3 N–H and O–H groups in total. The summed E-state index contributed by atoms with van der Waals surface area (Å²) in [4.78, 5) is 23.4. The predicted octanol–water partition coefficient (Wildman–Crippen LogP) is -0.492. The molecule has 0 bridgehead atoms. The quantitative estimate of drug-likeness (QED) is 0.594. The van der Waals surface area contributed by atoms with Crippen LogP contribution >= 0.6 is 0 Å². The molecule has 2 heterocycles. The van der Waals surface area contributed by atoms with Crippen LogP contribution in [0.3, 0.4) is 0 Å². The Labute approximate surface area is 132 Å². The molecule has 1 aliphatic heterocycles. The van der Waals surface area contributed by atoms with E-state index in [0.29, 0.717) is 5.95 Å². The number of aliphatic hydroxyl groups excluding tert-OH is 1. The molecule has 1 saturated heterocycles. The van der Waals surface area contributed by atoms with E-state index in [1.165, 1.54) is 4.90 Å². The van der Waals surface area contributed by atoms with Crippen LogP contribution in [0.5, 0.6) is 0 Å². The van der Waals surface area contributed by atoms with Gasteiger partial charge < -0.3 is 14.9 Å². The number of rotatable bonds is 7. The molecule has 124 valence electrons. The lowest BCUT2D eigenvalue weighted by Gasteiger charge is -2.32. The van der Waals surface area contributed by atoms with E-state index in [2.05, 4.69) is 21.8 Å². The number of aromatic amines is 1. The van der Waals surface area contributed by atoms with Crippen LogP contribution in [0.4, 0.5) is 5.95 Å². The summed E-state index contributed by atoms with van der Waals surface area (Å²) in [5, 5.41) is 9.00. The van der Waals surface area contributed by atoms with Crippen molar-refractivity contribution in [3.05, 3.63) is 21.6 Å². The van der Waals surface area contributed by atoms with Crippen molar-refractivity contribution in [3.8, 4) is 0 Å². The van der Waals surface area contributed by atoms with Gasteiger partial charge in [0.1, 0.15) is 6.54 Å². The average Bonchev–Trinajstić information content (AvgIpc) is 2.51. The number of aryl methyl sites for hydroxylation is 1. The highest BCUT2D eigenvalue weighted by atomic mass is 16.3. The van der Waals surface area contributed by atoms with E-state index in [-0.39, 0.29) is 12.2 Å². The van der Waals surface area contributed by atoms with Crippen LogP contribution in [0.25, 0.3) is 0 Å². The second kappa shape index (κ2) is 8.29. The smallest absolute Gasteiger partial charge is 0.255 e. The monoisotopic (exact) mass is 309 g/mol. The normalized spacial score (nSPS) is 16.2. The topological polar surface area (TPSA) is 73.7 Å². The third-order valence-corrected chi connectivity index (χ3v) is 4.48. The van der Waals surface area contributed by atoms with Crippen LogP contribution in [0.1, 0.15) is 37.4 Å². The molecule has 6 nitrogen and oxygen atoms in total. The summed E-state index contributed by atoms with van der Waals surface area (Å²) in [6.45, 7) is 8.82. The van der Waals surface area contributed by atoms with Gasteiger partial charge in [-0.15, -0.1) is 0 Å². The lowest BCUT2D eigenvalue weighted by Crippen LogP contribution is -3.15. The summed E-state index contributed by atoms with van der Waals surface area (Å²) in [5.41, 5.74) is 1.71. The summed E-state index contributed by atoms with van der Waals surface area (Å²) in [7, 11) is 0. The van der Waals surface area contributed by atoms with Crippen molar-refractivity contribution < 1.29 is 10.0 Å². The molecule has 0 saturated carbocycles. The van der Waals surface area contributed by atoms with Crippen molar-refractivity contribution >= 4 is 5.95 Å². The number of aromatic nitrogens is 2. The standard InChI is InChI=1S/C16H28N4O2/c1-3-4-5-6-14-13(2)17-16(18-15(14)22)20-9-7-19(8-10-20)11-12-21/h21H,3-12H2,1-2H3,(H,17,18,22)/p+1. The molecule has 0 spiro atoms. The number of hydrogen-bond donors (Lipinski definition) is 3. The molecular weight excluding hydrogens is 280 g/mol. The molecule has 0 amide bonds. The minimum absolute atomic E-state index is 0.0173. The fourth-order valence-electron chi connectivity index (χ4n) is 3.03.